The number of halogens is 1. The van der Waals surface area contributed by atoms with Gasteiger partial charge in [-0.15, -0.1) is 11.3 Å². The van der Waals surface area contributed by atoms with Gasteiger partial charge in [0.2, 0.25) is 0 Å². The van der Waals surface area contributed by atoms with Gasteiger partial charge in [-0.25, -0.2) is 0 Å². The Morgan fingerprint density at radius 1 is 1.47 bits per heavy atom. The lowest BCUT2D eigenvalue weighted by Gasteiger charge is -2.25. The molecule has 1 unspecified atom stereocenters. The van der Waals surface area contributed by atoms with Crippen LogP contribution in [0.4, 0.5) is 0 Å². The second-order valence-electron chi connectivity index (χ2n) is 5.63. The van der Waals surface area contributed by atoms with Crippen molar-refractivity contribution in [3.8, 4) is 0 Å². The molecule has 0 fully saturated rings. The second kappa shape index (κ2) is 6.52. The third kappa shape index (κ3) is 5.74. The molecule has 0 saturated carbocycles. The molecule has 0 aliphatic rings. The number of hydrogen-bond acceptors (Lipinski definition) is 3. The van der Waals surface area contributed by atoms with Gasteiger partial charge in [0, 0.05) is 10.5 Å². The summed E-state index contributed by atoms with van der Waals surface area (Å²) in [5, 5.41) is 13.5. The molecule has 0 spiro atoms. The van der Waals surface area contributed by atoms with Gasteiger partial charge >= 0.3 is 5.97 Å². The van der Waals surface area contributed by atoms with Gasteiger partial charge < -0.3 is 10.4 Å². The molecule has 6 heteroatoms. The molecule has 0 aliphatic carbocycles. The summed E-state index contributed by atoms with van der Waals surface area (Å²) in [5.74, 6) is -1.13. The lowest BCUT2D eigenvalue weighted by molar-refractivity contribution is -0.137. The first kappa shape index (κ1) is 16.2. The van der Waals surface area contributed by atoms with Gasteiger partial charge in [-0.1, -0.05) is 20.8 Å². The standard InChI is InChI=1S/C13H18BrNO3S/c1-13(2,3)7-8(6-10(16)17)15-12(18)11-9(14)4-5-19-11/h4-5,8H,6-7H2,1-3H3,(H,15,18)(H,16,17). The summed E-state index contributed by atoms with van der Waals surface area (Å²) >= 11 is 4.63. The molecule has 0 bridgehead atoms. The number of carbonyl (C=O) groups excluding carboxylic acids is 1. The highest BCUT2D eigenvalue weighted by atomic mass is 79.9. The van der Waals surface area contributed by atoms with Crippen molar-refractivity contribution < 1.29 is 14.7 Å². The van der Waals surface area contributed by atoms with Gasteiger partial charge in [0.05, 0.1) is 6.42 Å². The minimum absolute atomic E-state index is 0.0416. The van der Waals surface area contributed by atoms with E-state index in [1.54, 1.807) is 6.07 Å². The molecule has 1 aromatic rings. The molecule has 19 heavy (non-hydrogen) atoms. The van der Waals surface area contributed by atoms with Crippen molar-refractivity contribution in [2.75, 3.05) is 0 Å². The highest BCUT2D eigenvalue weighted by molar-refractivity contribution is 9.10. The molecule has 0 aromatic carbocycles. The number of carboxylic acids is 1. The smallest absolute Gasteiger partial charge is 0.305 e. The first-order valence-electron chi connectivity index (χ1n) is 5.94. The fourth-order valence-electron chi connectivity index (χ4n) is 1.83. The number of amides is 1. The number of thiophene rings is 1. The molecule has 4 nitrogen and oxygen atoms in total. The SMILES string of the molecule is CC(C)(C)CC(CC(=O)O)NC(=O)c1sccc1Br. The summed E-state index contributed by atoms with van der Waals surface area (Å²) < 4.78 is 0.736. The number of carbonyl (C=O) groups is 2. The number of aliphatic carboxylic acids is 1. The van der Waals surface area contributed by atoms with Gasteiger partial charge in [-0.3, -0.25) is 9.59 Å². The van der Waals surface area contributed by atoms with E-state index in [2.05, 4.69) is 21.2 Å². The Morgan fingerprint density at radius 3 is 2.53 bits per heavy atom. The van der Waals surface area contributed by atoms with Crippen LogP contribution in [-0.4, -0.2) is 23.0 Å². The van der Waals surface area contributed by atoms with E-state index in [-0.39, 0.29) is 23.8 Å². The van der Waals surface area contributed by atoms with E-state index in [0.717, 1.165) is 4.47 Å². The zero-order valence-electron chi connectivity index (χ0n) is 11.2. The highest BCUT2D eigenvalue weighted by Crippen LogP contribution is 2.25. The van der Waals surface area contributed by atoms with Crippen molar-refractivity contribution in [3.05, 3.63) is 20.8 Å². The predicted molar refractivity (Wildman–Crippen MR) is 79.6 cm³/mol. The Hall–Kier alpha value is -0.880. The molecular formula is C13H18BrNO3S. The maximum Gasteiger partial charge on any atom is 0.305 e. The molecule has 1 heterocycles. The van der Waals surface area contributed by atoms with Crippen LogP contribution in [0.25, 0.3) is 0 Å². The van der Waals surface area contributed by atoms with Crippen molar-refractivity contribution in [2.45, 2.75) is 39.7 Å². The van der Waals surface area contributed by atoms with Crippen LogP contribution in [0.3, 0.4) is 0 Å². The lowest BCUT2D eigenvalue weighted by Crippen LogP contribution is -2.38. The van der Waals surface area contributed by atoms with Gasteiger partial charge in [-0.2, -0.15) is 0 Å². The third-order valence-corrected chi connectivity index (χ3v) is 4.27. The van der Waals surface area contributed by atoms with Crippen LogP contribution >= 0.6 is 27.3 Å². The largest absolute Gasteiger partial charge is 0.481 e. The van der Waals surface area contributed by atoms with Gasteiger partial charge in [0.15, 0.2) is 0 Å². The molecule has 0 radical (unpaired) electrons. The van der Waals surface area contributed by atoms with Crippen molar-refractivity contribution in [1.29, 1.82) is 0 Å². The van der Waals surface area contributed by atoms with Crippen LogP contribution in [-0.2, 0) is 4.79 Å². The predicted octanol–water partition coefficient (Wildman–Crippen LogP) is 3.52. The Kier molecular flexibility index (Phi) is 5.55. The van der Waals surface area contributed by atoms with Crippen LogP contribution in [0.5, 0.6) is 0 Å². The van der Waals surface area contributed by atoms with Crippen molar-refractivity contribution >= 4 is 39.1 Å². The summed E-state index contributed by atoms with van der Waals surface area (Å²) in [5.41, 5.74) is -0.0416. The topological polar surface area (TPSA) is 66.4 Å². The van der Waals surface area contributed by atoms with E-state index < -0.39 is 5.97 Å². The van der Waals surface area contributed by atoms with E-state index in [1.165, 1.54) is 11.3 Å². The van der Waals surface area contributed by atoms with E-state index >= 15 is 0 Å². The Balaban J connectivity index is 2.74. The van der Waals surface area contributed by atoms with Crippen LogP contribution in [0.15, 0.2) is 15.9 Å². The molecular weight excluding hydrogens is 330 g/mol. The molecule has 2 N–H and O–H groups in total. The van der Waals surface area contributed by atoms with Crippen LogP contribution < -0.4 is 5.32 Å². The van der Waals surface area contributed by atoms with E-state index in [4.69, 9.17) is 5.11 Å². The maximum absolute atomic E-state index is 12.1. The van der Waals surface area contributed by atoms with Gasteiger partial charge in [0.1, 0.15) is 4.88 Å². The molecule has 0 saturated heterocycles. The Bertz CT molecular complexity index is 465. The quantitative estimate of drug-likeness (QED) is 0.856. The Morgan fingerprint density at radius 2 is 2.11 bits per heavy atom. The summed E-state index contributed by atoms with van der Waals surface area (Å²) in [6, 6.07) is 1.44. The van der Waals surface area contributed by atoms with Crippen LogP contribution in [0.1, 0.15) is 43.3 Å². The fraction of sp³-hybridized carbons (Fsp3) is 0.538. The Labute approximate surface area is 125 Å². The fourth-order valence-corrected chi connectivity index (χ4v) is 3.29. The average Bonchev–Trinajstić information content (AvgIpc) is 2.60. The van der Waals surface area contributed by atoms with Crippen LogP contribution in [0.2, 0.25) is 0 Å². The summed E-state index contributed by atoms with van der Waals surface area (Å²) in [6.07, 6.45) is 0.556. The third-order valence-electron chi connectivity index (χ3n) is 2.44. The minimum atomic E-state index is -0.903. The highest BCUT2D eigenvalue weighted by Gasteiger charge is 2.24. The zero-order chi connectivity index (χ0) is 14.6. The van der Waals surface area contributed by atoms with Gasteiger partial charge in [0.25, 0.3) is 5.91 Å². The zero-order valence-corrected chi connectivity index (χ0v) is 13.6. The molecule has 1 aromatic heterocycles. The number of nitrogens with one attached hydrogen (secondary N) is 1. The number of hydrogen-bond donors (Lipinski definition) is 2. The number of rotatable bonds is 5. The van der Waals surface area contributed by atoms with E-state index in [1.807, 2.05) is 26.2 Å². The summed E-state index contributed by atoms with van der Waals surface area (Å²) in [7, 11) is 0. The van der Waals surface area contributed by atoms with Gasteiger partial charge in [-0.05, 0) is 39.2 Å². The van der Waals surface area contributed by atoms with E-state index in [0.29, 0.717) is 11.3 Å². The second-order valence-corrected chi connectivity index (χ2v) is 7.40. The summed E-state index contributed by atoms with van der Waals surface area (Å²) in [6.45, 7) is 6.07. The van der Waals surface area contributed by atoms with Crippen molar-refractivity contribution in [3.63, 3.8) is 0 Å². The normalized spacial score (nSPS) is 13.1. The van der Waals surface area contributed by atoms with Crippen molar-refractivity contribution in [2.24, 2.45) is 5.41 Å². The number of carboxylic acid groups (broad SMARTS) is 1. The van der Waals surface area contributed by atoms with Crippen LogP contribution in [0, 0.1) is 5.41 Å². The minimum Gasteiger partial charge on any atom is -0.481 e. The molecule has 1 atom stereocenters. The average molecular weight is 348 g/mol. The monoisotopic (exact) mass is 347 g/mol. The first-order chi connectivity index (χ1) is 8.69. The molecule has 1 amide bonds. The maximum atomic E-state index is 12.1. The summed E-state index contributed by atoms with van der Waals surface area (Å²) in [4.78, 5) is 23.5. The molecule has 106 valence electrons. The lowest BCUT2D eigenvalue weighted by atomic mass is 9.87. The van der Waals surface area contributed by atoms with Crippen molar-refractivity contribution in [1.82, 2.24) is 5.32 Å². The molecule has 1 rings (SSSR count). The van der Waals surface area contributed by atoms with E-state index in [9.17, 15) is 9.59 Å². The molecule has 0 aliphatic heterocycles. The first-order valence-corrected chi connectivity index (χ1v) is 7.62.